The molecule has 0 spiro atoms. The maximum atomic E-state index is 12.5. The van der Waals surface area contributed by atoms with Crippen molar-refractivity contribution < 1.29 is 23.2 Å². The fraction of sp³-hybridized carbons (Fsp3) is 0.111. The highest BCUT2D eigenvalue weighted by Gasteiger charge is 2.18. The summed E-state index contributed by atoms with van der Waals surface area (Å²) in [5.41, 5.74) is 1.02. The summed E-state index contributed by atoms with van der Waals surface area (Å²) in [6, 6.07) is 13.3. The molecule has 1 aromatic heterocycles. The average molecular weight is 388 g/mol. The minimum Gasteiger partial charge on any atom is -0.434 e. The van der Waals surface area contributed by atoms with Crippen molar-refractivity contribution in [1.82, 2.24) is 15.5 Å². The lowest BCUT2D eigenvalue weighted by atomic mass is 10.1. The number of para-hydroxylation sites is 2. The Hall–Kier alpha value is -3.82. The van der Waals surface area contributed by atoms with Crippen LogP contribution in [0.1, 0.15) is 16.1 Å². The molecule has 0 saturated carbocycles. The number of nitro benzene ring substituents is 1. The van der Waals surface area contributed by atoms with Gasteiger partial charge in [-0.2, -0.15) is 13.9 Å². The zero-order valence-corrected chi connectivity index (χ0v) is 14.3. The minimum atomic E-state index is -3.05. The van der Waals surface area contributed by atoms with E-state index in [2.05, 4.69) is 20.3 Å². The monoisotopic (exact) mass is 388 g/mol. The number of amides is 1. The third-order valence-electron chi connectivity index (χ3n) is 3.79. The van der Waals surface area contributed by atoms with Crippen LogP contribution in [0.15, 0.2) is 54.6 Å². The number of nitrogens with zero attached hydrogens (tertiary/aromatic N) is 2. The van der Waals surface area contributed by atoms with Crippen molar-refractivity contribution in [2.75, 3.05) is 0 Å². The molecule has 8 nitrogen and oxygen atoms in total. The van der Waals surface area contributed by atoms with Crippen LogP contribution in [-0.2, 0) is 6.54 Å². The van der Waals surface area contributed by atoms with Gasteiger partial charge in [0.2, 0.25) is 0 Å². The van der Waals surface area contributed by atoms with Gasteiger partial charge in [-0.3, -0.25) is 20.0 Å². The molecular weight excluding hydrogens is 374 g/mol. The predicted octanol–water partition coefficient (Wildman–Crippen LogP) is 3.52. The van der Waals surface area contributed by atoms with Gasteiger partial charge in [0.05, 0.1) is 34.0 Å². The molecule has 0 aliphatic heterocycles. The molecule has 0 unspecified atom stereocenters. The van der Waals surface area contributed by atoms with Crippen LogP contribution < -0.4 is 10.1 Å². The lowest BCUT2D eigenvalue weighted by Gasteiger charge is -2.10. The minimum absolute atomic E-state index is 0.00940. The fourth-order valence-electron chi connectivity index (χ4n) is 2.56. The number of benzene rings is 2. The second kappa shape index (κ2) is 8.25. The van der Waals surface area contributed by atoms with Gasteiger partial charge in [0.15, 0.2) is 0 Å². The normalized spacial score (nSPS) is 10.7. The van der Waals surface area contributed by atoms with Crippen molar-refractivity contribution >= 4 is 11.6 Å². The van der Waals surface area contributed by atoms with Gasteiger partial charge in [-0.25, -0.2) is 0 Å². The maximum Gasteiger partial charge on any atom is 0.387 e. The molecule has 2 aromatic carbocycles. The number of hydrogen-bond acceptors (Lipinski definition) is 5. The number of carbonyl (C=O) groups excluding carboxylic acids is 1. The first-order valence-corrected chi connectivity index (χ1v) is 8.06. The van der Waals surface area contributed by atoms with Crippen LogP contribution in [0, 0.1) is 10.1 Å². The molecule has 0 aliphatic rings. The molecular formula is C18H14F2N4O4. The molecule has 0 atom stereocenters. The van der Waals surface area contributed by atoms with Crippen molar-refractivity contribution in [3.63, 3.8) is 0 Å². The van der Waals surface area contributed by atoms with Gasteiger partial charge in [-0.15, -0.1) is 0 Å². The van der Waals surface area contributed by atoms with E-state index in [1.54, 1.807) is 24.3 Å². The molecule has 0 radical (unpaired) electrons. The summed E-state index contributed by atoms with van der Waals surface area (Å²) in [6.07, 6.45) is 0. The molecule has 144 valence electrons. The molecule has 3 rings (SSSR count). The van der Waals surface area contributed by atoms with Crippen LogP contribution in [0.4, 0.5) is 14.5 Å². The summed E-state index contributed by atoms with van der Waals surface area (Å²) in [7, 11) is 0. The highest BCUT2D eigenvalue weighted by molar-refractivity contribution is 5.96. The molecule has 1 amide bonds. The van der Waals surface area contributed by atoms with Crippen LogP contribution in [0.5, 0.6) is 5.75 Å². The summed E-state index contributed by atoms with van der Waals surface area (Å²) in [5, 5.41) is 20.4. The number of rotatable bonds is 7. The van der Waals surface area contributed by atoms with Crippen molar-refractivity contribution in [2.24, 2.45) is 0 Å². The average Bonchev–Trinajstić information content (AvgIpc) is 3.15. The van der Waals surface area contributed by atoms with Gasteiger partial charge in [0.25, 0.3) is 11.6 Å². The van der Waals surface area contributed by atoms with E-state index in [0.29, 0.717) is 17.0 Å². The Morgan fingerprint density at radius 1 is 1.21 bits per heavy atom. The second-order valence-corrected chi connectivity index (χ2v) is 5.61. The first kappa shape index (κ1) is 19.0. The van der Waals surface area contributed by atoms with Crippen LogP contribution >= 0.6 is 0 Å². The van der Waals surface area contributed by atoms with E-state index in [-0.39, 0.29) is 23.5 Å². The molecule has 1 heterocycles. The van der Waals surface area contributed by atoms with Gasteiger partial charge in [-0.05, 0) is 24.3 Å². The summed E-state index contributed by atoms with van der Waals surface area (Å²) < 4.78 is 29.2. The number of H-pyrrole nitrogens is 1. The molecule has 0 bridgehead atoms. The molecule has 0 aliphatic carbocycles. The molecule has 3 aromatic rings. The summed E-state index contributed by atoms with van der Waals surface area (Å²) in [5.74, 6) is -0.849. The summed E-state index contributed by atoms with van der Waals surface area (Å²) in [4.78, 5) is 22.9. The smallest absolute Gasteiger partial charge is 0.387 e. The third-order valence-corrected chi connectivity index (χ3v) is 3.79. The van der Waals surface area contributed by atoms with E-state index >= 15 is 0 Å². The zero-order chi connectivity index (χ0) is 20.1. The van der Waals surface area contributed by atoms with Crippen LogP contribution in [0.2, 0.25) is 0 Å². The molecule has 28 heavy (non-hydrogen) atoms. The number of halogens is 2. The number of ether oxygens (including phenoxy) is 1. The van der Waals surface area contributed by atoms with Crippen molar-refractivity contribution in [2.45, 2.75) is 13.2 Å². The number of carbonyl (C=O) groups is 1. The fourth-order valence-corrected chi connectivity index (χ4v) is 2.56. The standard InChI is InChI=1S/C18H14F2N4O4/c19-18(20)28-16-8-4-2-6-13(16)17(25)21-10-11-9-14(23-22-11)12-5-1-3-7-15(12)24(26)27/h1-9,18H,10H2,(H,21,25)(H,22,23). The Labute approximate surface area is 157 Å². The predicted molar refractivity (Wildman–Crippen MR) is 94.9 cm³/mol. The summed E-state index contributed by atoms with van der Waals surface area (Å²) >= 11 is 0. The summed E-state index contributed by atoms with van der Waals surface area (Å²) in [6.45, 7) is -3.04. The molecule has 10 heteroatoms. The van der Waals surface area contributed by atoms with Gasteiger partial charge in [0, 0.05) is 6.07 Å². The Kier molecular flexibility index (Phi) is 5.58. The first-order chi connectivity index (χ1) is 13.5. The number of nitro groups is 1. The van der Waals surface area contributed by atoms with E-state index in [0.717, 1.165) is 0 Å². The van der Waals surface area contributed by atoms with Crippen LogP contribution in [0.3, 0.4) is 0 Å². The van der Waals surface area contributed by atoms with Gasteiger partial charge in [0.1, 0.15) is 5.75 Å². The van der Waals surface area contributed by atoms with E-state index < -0.39 is 17.4 Å². The Morgan fingerprint density at radius 3 is 2.68 bits per heavy atom. The first-order valence-electron chi connectivity index (χ1n) is 8.06. The van der Waals surface area contributed by atoms with Gasteiger partial charge < -0.3 is 10.1 Å². The number of alkyl halides is 2. The van der Waals surface area contributed by atoms with Crippen molar-refractivity contribution in [3.8, 4) is 17.0 Å². The Morgan fingerprint density at radius 2 is 1.93 bits per heavy atom. The molecule has 2 N–H and O–H groups in total. The lowest BCUT2D eigenvalue weighted by molar-refractivity contribution is -0.384. The van der Waals surface area contributed by atoms with E-state index in [4.69, 9.17) is 0 Å². The quantitative estimate of drug-likeness (QED) is 0.475. The second-order valence-electron chi connectivity index (χ2n) is 5.61. The maximum absolute atomic E-state index is 12.5. The Balaban J connectivity index is 1.72. The number of aromatic nitrogens is 2. The highest BCUT2D eigenvalue weighted by Crippen LogP contribution is 2.28. The highest BCUT2D eigenvalue weighted by atomic mass is 19.3. The molecule has 0 fully saturated rings. The van der Waals surface area contributed by atoms with E-state index in [1.165, 1.54) is 30.3 Å². The van der Waals surface area contributed by atoms with Crippen LogP contribution in [0.25, 0.3) is 11.3 Å². The third kappa shape index (κ3) is 4.29. The van der Waals surface area contributed by atoms with Gasteiger partial charge in [-0.1, -0.05) is 24.3 Å². The molecule has 0 saturated heterocycles. The van der Waals surface area contributed by atoms with Crippen LogP contribution in [-0.4, -0.2) is 27.6 Å². The SMILES string of the molecule is O=C(NCc1cc(-c2ccccc2[N+](=O)[O-])n[nH]1)c1ccccc1OC(F)F. The van der Waals surface area contributed by atoms with Crippen molar-refractivity contribution in [1.29, 1.82) is 0 Å². The zero-order valence-electron chi connectivity index (χ0n) is 14.3. The largest absolute Gasteiger partial charge is 0.434 e. The van der Waals surface area contributed by atoms with E-state index in [9.17, 15) is 23.7 Å². The number of nitrogens with one attached hydrogen (secondary N) is 2. The lowest BCUT2D eigenvalue weighted by Crippen LogP contribution is -2.24. The van der Waals surface area contributed by atoms with Crippen molar-refractivity contribution in [3.05, 3.63) is 76.0 Å². The van der Waals surface area contributed by atoms with Gasteiger partial charge >= 0.3 is 6.61 Å². The Bertz CT molecular complexity index is 1010. The topological polar surface area (TPSA) is 110 Å². The number of aromatic amines is 1. The number of hydrogen-bond donors (Lipinski definition) is 2. The van der Waals surface area contributed by atoms with E-state index in [1.807, 2.05) is 0 Å².